The van der Waals surface area contributed by atoms with Crippen molar-refractivity contribution in [2.45, 2.75) is 25.0 Å². The van der Waals surface area contributed by atoms with Crippen LogP contribution in [0.2, 0.25) is 0 Å². The zero-order valence-corrected chi connectivity index (χ0v) is 9.81. The zero-order valence-electron chi connectivity index (χ0n) is 9.81. The maximum Gasteiger partial charge on any atom is 0.159 e. The maximum atomic E-state index is 13.2. The van der Waals surface area contributed by atoms with Gasteiger partial charge in [-0.15, -0.1) is 0 Å². The maximum absolute atomic E-state index is 13.2. The van der Waals surface area contributed by atoms with Crippen LogP contribution in [0.4, 0.5) is 8.78 Å². The average molecular weight is 252 g/mol. The highest BCUT2D eigenvalue weighted by molar-refractivity contribution is 5.22. The number of nitrogens with zero attached hydrogens (tertiary/aromatic N) is 2. The van der Waals surface area contributed by atoms with Crippen molar-refractivity contribution >= 4 is 0 Å². The summed E-state index contributed by atoms with van der Waals surface area (Å²) in [6, 6.07) is 5.68. The van der Waals surface area contributed by atoms with Crippen molar-refractivity contribution in [2.75, 3.05) is 13.1 Å². The SMILES string of the molecule is N#CCCN1C[C@@H](O)C[C@@H]1c1ccc(F)c(F)c1. The van der Waals surface area contributed by atoms with Crippen LogP contribution in [0.3, 0.4) is 0 Å². The lowest BCUT2D eigenvalue weighted by atomic mass is 10.0. The molecule has 1 aromatic rings. The third-order valence-electron chi connectivity index (χ3n) is 3.22. The monoisotopic (exact) mass is 252 g/mol. The Morgan fingerprint density at radius 3 is 2.83 bits per heavy atom. The molecule has 1 saturated heterocycles. The number of nitriles is 1. The Hall–Kier alpha value is -1.51. The van der Waals surface area contributed by atoms with E-state index >= 15 is 0 Å². The molecule has 2 atom stereocenters. The largest absolute Gasteiger partial charge is 0.392 e. The van der Waals surface area contributed by atoms with E-state index in [1.807, 2.05) is 11.0 Å². The Bertz CT molecular complexity index is 473. The molecule has 0 saturated carbocycles. The lowest BCUT2D eigenvalue weighted by Gasteiger charge is -2.23. The molecular weight excluding hydrogens is 238 g/mol. The van der Waals surface area contributed by atoms with Crippen LogP contribution >= 0.6 is 0 Å². The highest BCUT2D eigenvalue weighted by atomic mass is 19.2. The molecule has 0 unspecified atom stereocenters. The smallest absolute Gasteiger partial charge is 0.159 e. The molecule has 0 radical (unpaired) electrons. The van der Waals surface area contributed by atoms with E-state index in [0.717, 1.165) is 12.1 Å². The van der Waals surface area contributed by atoms with Gasteiger partial charge in [0.05, 0.1) is 12.2 Å². The second-order valence-electron chi connectivity index (χ2n) is 4.48. The molecule has 96 valence electrons. The Morgan fingerprint density at radius 1 is 1.39 bits per heavy atom. The summed E-state index contributed by atoms with van der Waals surface area (Å²) in [7, 11) is 0. The first-order valence-electron chi connectivity index (χ1n) is 5.86. The van der Waals surface area contributed by atoms with Gasteiger partial charge in [0.2, 0.25) is 0 Å². The molecule has 2 rings (SSSR count). The van der Waals surface area contributed by atoms with Crippen LogP contribution in [0.1, 0.15) is 24.4 Å². The standard InChI is InChI=1S/C13H14F2N2O/c14-11-3-2-9(6-12(11)15)13-7-10(18)8-17(13)5-1-4-16/h2-3,6,10,13,18H,1,5,7-8H2/t10-,13+/m0/s1. The minimum absolute atomic E-state index is 0.150. The predicted molar refractivity (Wildman–Crippen MR) is 61.5 cm³/mol. The number of likely N-dealkylation sites (tertiary alicyclic amines) is 1. The van der Waals surface area contributed by atoms with Gasteiger partial charge in [-0.3, -0.25) is 4.90 Å². The molecule has 5 heteroatoms. The van der Waals surface area contributed by atoms with Crippen LogP contribution in [-0.2, 0) is 0 Å². The van der Waals surface area contributed by atoms with Gasteiger partial charge in [-0.05, 0) is 24.1 Å². The van der Waals surface area contributed by atoms with Gasteiger partial charge in [-0.2, -0.15) is 5.26 Å². The lowest BCUT2D eigenvalue weighted by molar-refractivity contribution is 0.176. The van der Waals surface area contributed by atoms with Gasteiger partial charge in [0.15, 0.2) is 11.6 Å². The van der Waals surface area contributed by atoms with Crippen molar-refractivity contribution in [3.8, 4) is 6.07 Å². The Labute approximate surface area is 104 Å². The third-order valence-corrected chi connectivity index (χ3v) is 3.22. The summed E-state index contributed by atoms with van der Waals surface area (Å²) in [6.45, 7) is 0.989. The summed E-state index contributed by atoms with van der Waals surface area (Å²) < 4.78 is 26.1. The molecule has 1 aliphatic rings. The fourth-order valence-electron chi connectivity index (χ4n) is 2.39. The van der Waals surface area contributed by atoms with E-state index in [1.54, 1.807) is 0 Å². The minimum Gasteiger partial charge on any atom is -0.392 e. The van der Waals surface area contributed by atoms with Gasteiger partial charge in [-0.1, -0.05) is 6.07 Å². The average Bonchev–Trinajstić information content (AvgIpc) is 2.71. The number of halogens is 2. The van der Waals surface area contributed by atoms with Crippen LogP contribution in [0.15, 0.2) is 18.2 Å². The van der Waals surface area contributed by atoms with E-state index in [9.17, 15) is 13.9 Å². The number of rotatable bonds is 3. The first kappa shape index (κ1) is 12.9. The topological polar surface area (TPSA) is 47.3 Å². The summed E-state index contributed by atoms with van der Waals surface area (Å²) in [5, 5.41) is 18.2. The number of aliphatic hydroxyl groups is 1. The van der Waals surface area contributed by atoms with Crippen LogP contribution < -0.4 is 0 Å². The van der Waals surface area contributed by atoms with Crippen LogP contribution in [0.25, 0.3) is 0 Å². The normalized spacial score (nSPS) is 24.1. The number of hydrogen-bond donors (Lipinski definition) is 1. The van der Waals surface area contributed by atoms with Crippen molar-refractivity contribution < 1.29 is 13.9 Å². The van der Waals surface area contributed by atoms with Crippen molar-refractivity contribution in [3.63, 3.8) is 0 Å². The van der Waals surface area contributed by atoms with Gasteiger partial charge < -0.3 is 5.11 Å². The highest BCUT2D eigenvalue weighted by Crippen LogP contribution is 2.32. The summed E-state index contributed by atoms with van der Waals surface area (Å²) in [5.41, 5.74) is 0.642. The molecule has 3 nitrogen and oxygen atoms in total. The van der Waals surface area contributed by atoms with E-state index in [2.05, 4.69) is 0 Å². The quantitative estimate of drug-likeness (QED) is 0.894. The van der Waals surface area contributed by atoms with Gasteiger partial charge >= 0.3 is 0 Å². The molecule has 1 N–H and O–H groups in total. The molecule has 1 aromatic carbocycles. The summed E-state index contributed by atoms with van der Waals surface area (Å²) in [6.07, 6.45) is 0.352. The van der Waals surface area contributed by atoms with E-state index < -0.39 is 17.7 Å². The van der Waals surface area contributed by atoms with E-state index in [-0.39, 0.29) is 6.04 Å². The van der Waals surface area contributed by atoms with Crippen molar-refractivity contribution in [3.05, 3.63) is 35.4 Å². The van der Waals surface area contributed by atoms with Crippen molar-refractivity contribution in [2.24, 2.45) is 0 Å². The van der Waals surface area contributed by atoms with Gasteiger partial charge in [0.1, 0.15) is 0 Å². The molecule has 0 spiro atoms. The fourth-order valence-corrected chi connectivity index (χ4v) is 2.39. The first-order chi connectivity index (χ1) is 8.61. The van der Waals surface area contributed by atoms with Gasteiger partial charge in [0.25, 0.3) is 0 Å². The molecule has 0 aliphatic carbocycles. The summed E-state index contributed by atoms with van der Waals surface area (Å²) in [4.78, 5) is 1.93. The van der Waals surface area contributed by atoms with Crippen LogP contribution in [-0.4, -0.2) is 29.2 Å². The number of β-amino-alcohol motifs (C(OH)–C–C–N with tert-alkyl or cyclic N) is 1. The summed E-state index contributed by atoms with van der Waals surface area (Å²) in [5.74, 6) is -1.75. The van der Waals surface area contributed by atoms with Crippen molar-refractivity contribution in [1.82, 2.24) is 4.90 Å². The third kappa shape index (κ3) is 2.66. The number of aliphatic hydroxyl groups excluding tert-OH is 1. The fraction of sp³-hybridized carbons (Fsp3) is 0.462. The van der Waals surface area contributed by atoms with E-state index in [4.69, 9.17) is 5.26 Å². The number of benzene rings is 1. The van der Waals surface area contributed by atoms with Gasteiger partial charge in [0, 0.05) is 25.6 Å². The molecule has 0 aromatic heterocycles. The van der Waals surface area contributed by atoms with Crippen LogP contribution in [0, 0.1) is 23.0 Å². The van der Waals surface area contributed by atoms with Crippen molar-refractivity contribution in [1.29, 1.82) is 5.26 Å². The Morgan fingerprint density at radius 2 is 2.17 bits per heavy atom. The zero-order chi connectivity index (χ0) is 13.1. The molecule has 1 heterocycles. The molecule has 0 bridgehead atoms. The second kappa shape index (κ2) is 5.42. The highest BCUT2D eigenvalue weighted by Gasteiger charge is 2.31. The lowest BCUT2D eigenvalue weighted by Crippen LogP contribution is -2.25. The second-order valence-corrected chi connectivity index (χ2v) is 4.48. The van der Waals surface area contributed by atoms with Crippen LogP contribution in [0.5, 0.6) is 0 Å². The van der Waals surface area contributed by atoms with E-state index in [1.165, 1.54) is 6.07 Å². The molecular formula is C13H14F2N2O. The Balaban J connectivity index is 2.19. The minimum atomic E-state index is -0.880. The molecule has 0 amide bonds. The number of hydrogen-bond acceptors (Lipinski definition) is 3. The molecule has 1 fully saturated rings. The Kier molecular flexibility index (Phi) is 3.90. The first-order valence-corrected chi connectivity index (χ1v) is 5.86. The summed E-state index contributed by atoms with van der Waals surface area (Å²) >= 11 is 0. The predicted octanol–water partition coefficient (Wildman–Crippen LogP) is 1.99. The molecule has 1 aliphatic heterocycles. The van der Waals surface area contributed by atoms with E-state index in [0.29, 0.717) is 31.5 Å². The van der Waals surface area contributed by atoms with Gasteiger partial charge in [-0.25, -0.2) is 8.78 Å². The molecule has 18 heavy (non-hydrogen) atoms.